The molecule has 3 heterocycles. The number of ether oxygens (including phenoxy) is 1. The minimum absolute atomic E-state index is 0.244. The smallest absolute Gasteiger partial charge is 0.126 e. The van der Waals surface area contributed by atoms with Gasteiger partial charge < -0.3 is 10.1 Å². The van der Waals surface area contributed by atoms with Gasteiger partial charge in [0.25, 0.3) is 0 Å². The molecule has 2 N–H and O–H groups in total. The Labute approximate surface area is 168 Å². The fraction of sp³-hybridized carbons (Fsp3) is 0.636. The van der Waals surface area contributed by atoms with Crippen LogP contribution in [0.1, 0.15) is 38.1 Å². The van der Waals surface area contributed by atoms with Crippen molar-refractivity contribution in [3.8, 4) is 0 Å². The molecule has 0 radical (unpaired) electrons. The molecule has 1 saturated heterocycles. The highest BCUT2D eigenvalue weighted by Crippen LogP contribution is 2.38. The summed E-state index contributed by atoms with van der Waals surface area (Å²) in [5.41, 5.74) is 2.42. The minimum Gasteiger partial charge on any atom is -0.379 e. The Bertz CT molecular complexity index is 746. The van der Waals surface area contributed by atoms with Crippen molar-refractivity contribution in [3.63, 3.8) is 0 Å². The summed E-state index contributed by atoms with van der Waals surface area (Å²) in [4.78, 5) is 7.01. The lowest BCUT2D eigenvalue weighted by molar-refractivity contribution is 0.0304. The number of aromatic amines is 1. The molecule has 6 nitrogen and oxygen atoms in total. The number of likely N-dealkylation sites (tertiary alicyclic amines) is 1. The van der Waals surface area contributed by atoms with Gasteiger partial charge in [-0.15, -0.1) is 0 Å². The van der Waals surface area contributed by atoms with Crippen LogP contribution in [0.2, 0.25) is 0 Å². The molecule has 2 aliphatic rings. The maximum atomic E-state index is 5.85. The fourth-order valence-electron chi connectivity index (χ4n) is 4.94. The zero-order valence-corrected chi connectivity index (χ0v) is 17.3. The van der Waals surface area contributed by atoms with Crippen molar-refractivity contribution in [2.75, 3.05) is 25.5 Å². The van der Waals surface area contributed by atoms with E-state index in [1.807, 2.05) is 31.5 Å². The third kappa shape index (κ3) is 4.55. The van der Waals surface area contributed by atoms with E-state index in [0.717, 1.165) is 44.7 Å². The third-order valence-electron chi connectivity index (χ3n) is 6.19. The van der Waals surface area contributed by atoms with E-state index < -0.39 is 0 Å². The maximum absolute atomic E-state index is 5.85. The van der Waals surface area contributed by atoms with Gasteiger partial charge in [0.1, 0.15) is 5.82 Å². The normalized spacial score (nSPS) is 27.9. The monoisotopic (exact) mass is 383 g/mol. The molecule has 1 saturated carbocycles. The number of hydrogen-bond acceptors (Lipinski definition) is 5. The fourth-order valence-corrected chi connectivity index (χ4v) is 4.94. The molecular formula is C22H33N5O. The van der Waals surface area contributed by atoms with E-state index >= 15 is 0 Å². The summed E-state index contributed by atoms with van der Waals surface area (Å²) in [5.74, 6) is 3.01. The van der Waals surface area contributed by atoms with E-state index in [4.69, 9.17) is 4.74 Å². The number of rotatable bonds is 7. The number of nitrogens with zero attached hydrogens (tertiary/aromatic N) is 3. The van der Waals surface area contributed by atoms with E-state index in [1.54, 1.807) is 0 Å². The Balaban J connectivity index is 1.36. The summed E-state index contributed by atoms with van der Waals surface area (Å²) in [5, 5.41) is 11.3. The van der Waals surface area contributed by atoms with Gasteiger partial charge in [-0.25, -0.2) is 4.98 Å². The lowest BCUT2D eigenvalue weighted by Crippen LogP contribution is -2.44. The Hall–Kier alpha value is -1.92. The Morgan fingerprint density at radius 3 is 2.79 bits per heavy atom. The average molecular weight is 384 g/mol. The lowest BCUT2D eigenvalue weighted by Gasteiger charge is -2.37. The number of hydrogen-bond donors (Lipinski definition) is 2. The average Bonchev–Trinajstić information content (AvgIpc) is 3.27. The number of anilines is 1. The van der Waals surface area contributed by atoms with Crippen molar-refractivity contribution < 1.29 is 4.74 Å². The van der Waals surface area contributed by atoms with Gasteiger partial charge in [-0.05, 0) is 55.2 Å². The molecular weight excluding hydrogens is 350 g/mol. The summed E-state index contributed by atoms with van der Waals surface area (Å²) in [6.07, 6.45) is 5.37. The topological polar surface area (TPSA) is 66.1 Å². The molecule has 1 aliphatic heterocycles. The van der Waals surface area contributed by atoms with Crippen LogP contribution in [-0.2, 0) is 17.7 Å². The Kier molecular flexibility index (Phi) is 5.97. The van der Waals surface area contributed by atoms with Crippen molar-refractivity contribution in [2.24, 2.45) is 17.8 Å². The first-order valence-corrected chi connectivity index (χ1v) is 10.6. The summed E-state index contributed by atoms with van der Waals surface area (Å²) >= 11 is 0. The van der Waals surface area contributed by atoms with Crippen LogP contribution < -0.4 is 5.32 Å². The first-order valence-electron chi connectivity index (χ1n) is 10.6. The van der Waals surface area contributed by atoms with Gasteiger partial charge in [0.2, 0.25) is 0 Å². The molecule has 0 unspecified atom stereocenters. The zero-order chi connectivity index (χ0) is 19.5. The lowest BCUT2D eigenvalue weighted by atomic mass is 9.77. The van der Waals surface area contributed by atoms with Crippen molar-refractivity contribution in [2.45, 2.75) is 51.8 Å². The molecule has 0 amide bonds. The number of nitrogens with one attached hydrogen (secondary N) is 2. The van der Waals surface area contributed by atoms with Gasteiger partial charge in [0, 0.05) is 38.6 Å². The molecule has 4 rings (SSSR count). The number of fused-ring (bicyclic) bond motifs is 1. The molecule has 1 aliphatic carbocycles. The van der Waals surface area contributed by atoms with Crippen LogP contribution in [0.4, 0.5) is 5.82 Å². The second-order valence-corrected chi connectivity index (χ2v) is 8.91. The quantitative estimate of drug-likeness (QED) is 0.768. The Morgan fingerprint density at radius 1 is 1.25 bits per heavy atom. The standard InChI is InChI=1S/C22H33N5O/c1-15(2)8-18-11-19(26-25-18)14-27-12-16-9-20(21(28-3)10-17(16)13-27)24-22-6-4-5-7-23-22/h4-7,11,15-17,20-21H,8-10,12-14H2,1-3H3,(H,23,24)(H,25,26)/t16-,17+,20-,21-/m1/s1. The van der Waals surface area contributed by atoms with Crippen LogP contribution in [0.3, 0.4) is 0 Å². The first-order chi connectivity index (χ1) is 13.6. The van der Waals surface area contributed by atoms with E-state index in [2.05, 4.69) is 45.3 Å². The number of pyridine rings is 1. The molecule has 0 aromatic carbocycles. The molecule has 2 aromatic heterocycles. The predicted molar refractivity (Wildman–Crippen MR) is 111 cm³/mol. The van der Waals surface area contributed by atoms with Crippen molar-refractivity contribution in [1.82, 2.24) is 20.1 Å². The van der Waals surface area contributed by atoms with Gasteiger partial charge in [-0.2, -0.15) is 5.10 Å². The van der Waals surface area contributed by atoms with Crippen LogP contribution in [0.15, 0.2) is 30.5 Å². The van der Waals surface area contributed by atoms with Crippen molar-refractivity contribution >= 4 is 5.82 Å². The van der Waals surface area contributed by atoms with E-state index in [-0.39, 0.29) is 6.10 Å². The highest BCUT2D eigenvalue weighted by molar-refractivity contribution is 5.35. The zero-order valence-electron chi connectivity index (χ0n) is 17.3. The van der Waals surface area contributed by atoms with Crippen LogP contribution in [-0.4, -0.2) is 52.4 Å². The van der Waals surface area contributed by atoms with Crippen molar-refractivity contribution in [1.29, 1.82) is 0 Å². The summed E-state index contributed by atoms with van der Waals surface area (Å²) < 4.78 is 5.85. The first kappa shape index (κ1) is 19.4. The largest absolute Gasteiger partial charge is 0.379 e. The highest BCUT2D eigenvalue weighted by Gasteiger charge is 2.42. The summed E-state index contributed by atoms with van der Waals surface area (Å²) in [7, 11) is 1.84. The SMILES string of the molecule is CO[C@@H]1C[C@H]2CN(Cc3cc(CC(C)C)n[nH]3)C[C@H]2C[C@H]1Nc1ccccn1. The maximum Gasteiger partial charge on any atom is 0.126 e. The molecule has 28 heavy (non-hydrogen) atoms. The number of H-pyrrole nitrogens is 1. The van der Waals surface area contributed by atoms with Crippen LogP contribution in [0.5, 0.6) is 0 Å². The molecule has 0 bridgehead atoms. The molecule has 6 heteroatoms. The molecule has 2 aromatic rings. The molecule has 2 fully saturated rings. The third-order valence-corrected chi connectivity index (χ3v) is 6.19. The van der Waals surface area contributed by atoms with Crippen molar-refractivity contribution in [3.05, 3.63) is 41.9 Å². The summed E-state index contributed by atoms with van der Waals surface area (Å²) in [6, 6.07) is 8.58. The second kappa shape index (κ2) is 8.62. The van der Waals surface area contributed by atoms with Gasteiger partial charge in [-0.3, -0.25) is 10.00 Å². The van der Waals surface area contributed by atoms with Gasteiger partial charge in [0.05, 0.1) is 17.8 Å². The Morgan fingerprint density at radius 2 is 2.07 bits per heavy atom. The van der Waals surface area contributed by atoms with E-state index in [1.165, 1.54) is 11.4 Å². The van der Waals surface area contributed by atoms with Crippen LogP contribution in [0, 0.1) is 17.8 Å². The van der Waals surface area contributed by atoms with Gasteiger partial charge >= 0.3 is 0 Å². The minimum atomic E-state index is 0.244. The highest BCUT2D eigenvalue weighted by atomic mass is 16.5. The predicted octanol–water partition coefficient (Wildman–Crippen LogP) is 3.34. The second-order valence-electron chi connectivity index (χ2n) is 8.91. The van der Waals surface area contributed by atoms with E-state index in [0.29, 0.717) is 23.8 Å². The number of aromatic nitrogens is 3. The summed E-state index contributed by atoms with van der Waals surface area (Å²) in [6.45, 7) is 7.75. The van der Waals surface area contributed by atoms with Gasteiger partial charge in [0.15, 0.2) is 0 Å². The van der Waals surface area contributed by atoms with E-state index in [9.17, 15) is 0 Å². The number of methoxy groups -OCH3 is 1. The molecule has 4 atom stereocenters. The molecule has 152 valence electrons. The van der Waals surface area contributed by atoms with Crippen LogP contribution >= 0.6 is 0 Å². The van der Waals surface area contributed by atoms with Crippen LogP contribution in [0.25, 0.3) is 0 Å². The molecule has 0 spiro atoms. The van der Waals surface area contributed by atoms with Gasteiger partial charge in [-0.1, -0.05) is 19.9 Å².